The number of carbonyl (C=O) groups excluding carboxylic acids is 1. The number of benzene rings is 2. The van der Waals surface area contributed by atoms with Crippen molar-refractivity contribution in [1.82, 2.24) is 0 Å². The molecule has 6 heteroatoms. The highest BCUT2D eigenvalue weighted by atomic mass is 19.1. The SMILES string of the molecule is NC(=O)c1ccccc1Nc1ccc(C(=O)O)c(F)c1. The average Bonchev–Trinajstić information content (AvgIpc) is 2.38. The molecular weight excluding hydrogens is 263 g/mol. The highest BCUT2D eigenvalue weighted by Gasteiger charge is 2.12. The van der Waals surface area contributed by atoms with Crippen LogP contribution in [0.3, 0.4) is 0 Å². The number of anilines is 2. The summed E-state index contributed by atoms with van der Waals surface area (Å²) in [4.78, 5) is 22.0. The van der Waals surface area contributed by atoms with Gasteiger partial charge in [-0.1, -0.05) is 12.1 Å². The van der Waals surface area contributed by atoms with E-state index >= 15 is 0 Å². The van der Waals surface area contributed by atoms with Crippen molar-refractivity contribution in [3.05, 3.63) is 59.4 Å². The zero-order valence-electron chi connectivity index (χ0n) is 10.3. The van der Waals surface area contributed by atoms with Crippen LogP contribution in [0.4, 0.5) is 15.8 Å². The van der Waals surface area contributed by atoms with Crippen molar-refractivity contribution in [2.75, 3.05) is 5.32 Å². The van der Waals surface area contributed by atoms with Crippen LogP contribution in [0.25, 0.3) is 0 Å². The molecule has 4 N–H and O–H groups in total. The Morgan fingerprint density at radius 2 is 1.80 bits per heavy atom. The Balaban J connectivity index is 2.34. The van der Waals surface area contributed by atoms with Gasteiger partial charge in [0.25, 0.3) is 5.91 Å². The average molecular weight is 274 g/mol. The molecule has 1 amide bonds. The van der Waals surface area contributed by atoms with Crippen LogP contribution in [-0.4, -0.2) is 17.0 Å². The Bertz CT molecular complexity index is 686. The van der Waals surface area contributed by atoms with Gasteiger partial charge in [-0.25, -0.2) is 9.18 Å². The first-order valence-electron chi connectivity index (χ1n) is 5.67. The lowest BCUT2D eigenvalue weighted by Gasteiger charge is -2.10. The van der Waals surface area contributed by atoms with Gasteiger partial charge in [0.15, 0.2) is 0 Å². The molecule has 2 aromatic rings. The Morgan fingerprint density at radius 3 is 2.40 bits per heavy atom. The second-order valence-corrected chi connectivity index (χ2v) is 4.03. The minimum Gasteiger partial charge on any atom is -0.478 e. The predicted molar refractivity (Wildman–Crippen MR) is 71.6 cm³/mol. The summed E-state index contributed by atoms with van der Waals surface area (Å²) < 4.78 is 13.6. The summed E-state index contributed by atoms with van der Waals surface area (Å²) in [6.07, 6.45) is 0. The third-order valence-electron chi connectivity index (χ3n) is 2.67. The maximum atomic E-state index is 13.6. The summed E-state index contributed by atoms with van der Waals surface area (Å²) in [6.45, 7) is 0. The van der Waals surface area contributed by atoms with Gasteiger partial charge in [0.2, 0.25) is 0 Å². The predicted octanol–water partition coefficient (Wildman–Crippen LogP) is 2.37. The van der Waals surface area contributed by atoms with Gasteiger partial charge in [0.05, 0.1) is 16.8 Å². The molecule has 0 atom stereocenters. The molecule has 0 spiro atoms. The molecule has 20 heavy (non-hydrogen) atoms. The van der Waals surface area contributed by atoms with Gasteiger partial charge in [-0.05, 0) is 30.3 Å². The zero-order valence-corrected chi connectivity index (χ0v) is 10.3. The Labute approximate surface area is 113 Å². The topological polar surface area (TPSA) is 92.4 Å². The number of para-hydroxylation sites is 1. The van der Waals surface area contributed by atoms with Crippen LogP contribution in [0.15, 0.2) is 42.5 Å². The van der Waals surface area contributed by atoms with Crippen molar-refractivity contribution >= 4 is 23.3 Å². The minimum absolute atomic E-state index is 0.259. The van der Waals surface area contributed by atoms with E-state index < -0.39 is 23.3 Å². The van der Waals surface area contributed by atoms with Crippen molar-refractivity contribution in [3.8, 4) is 0 Å². The molecule has 0 fully saturated rings. The number of amides is 1. The van der Waals surface area contributed by atoms with Crippen LogP contribution in [0.2, 0.25) is 0 Å². The number of rotatable bonds is 4. The Kier molecular flexibility index (Phi) is 3.65. The van der Waals surface area contributed by atoms with Gasteiger partial charge in [-0.2, -0.15) is 0 Å². The molecule has 5 nitrogen and oxygen atoms in total. The van der Waals surface area contributed by atoms with Crippen LogP contribution >= 0.6 is 0 Å². The molecule has 0 aliphatic carbocycles. The van der Waals surface area contributed by atoms with Crippen molar-refractivity contribution < 1.29 is 19.1 Å². The lowest BCUT2D eigenvalue weighted by atomic mass is 10.1. The number of halogens is 1. The molecule has 0 heterocycles. The van der Waals surface area contributed by atoms with E-state index in [2.05, 4.69) is 5.32 Å². The maximum absolute atomic E-state index is 13.6. The zero-order chi connectivity index (χ0) is 14.7. The lowest BCUT2D eigenvalue weighted by molar-refractivity contribution is 0.0691. The molecule has 0 aromatic heterocycles. The molecule has 0 unspecified atom stereocenters. The van der Waals surface area contributed by atoms with E-state index in [-0.39, 0.29) is 5.56 Å². The van der Waals surface area contributed by atoms with E-state index in [0.29, 0.717) is 11.4 Å². The minimum atomic E-state index is -1.34. The van der Waals surface area contributed by atoms with Crippen molar-refractivity contribution in [3.63, 3.8) is 0 Å². The number of aromatic carboxylic acids is 1. The highest BCUT2D eigenvalue weighted by molar-refractivity contribution is 5.99. The van der Waals surface area contributed by atoms with E-state index in [1.807, 2.05) is 0 Å². The van der Waals surface area contributed by atoms with E-state index in [1.54, 1.807) is 18.2 Å². The van der Waals surface area contributed by atoms with Gasteiger partial charge >= 0.3 is 5.97 Å². The number of carboxylic acids is 1. The maximum Gasteiger partial charge on any atom is 0.338 e. The van der Waals surface area contributed by atoms with Crippen molar-refractivity contribution in [2.24, 2.45) is 5.73 Å². The normalized spacial score (nSPS) is 10.1. The number of hydrogen-bond donors (Lipinski definition) is 3. The van der Waals surface area contributed by atoms with E-state index in [4.69, 9.17) is 10.8 Å². The van der Waals surface area contributed by atoms with Crippen molar-refractivity contribution in [1.29, 1.82) is 0 Å². The lowest BCUT2D eigenvalue weighted by Crippen LogP contribution is -2.13. The smallest absolute Gasteiger partial charge is 0.338 e. The first-order valence-corrected chi connectivity index (χ1v) is 5.67. The molecule has 2 rings (SSSR count). The number of primary amides is 1. The fourth-order valence-corrected chi connectivity index (χ4v) is 1.73. The number of carbonyl (C=O) groups is 2. The number of hydrogen-bond acceptors (Lipinski definition) is 3. The summed E-state index contributed by atoms with van der Waals surface area (Å²) in [6, 6.07) is 10.1. The van der Waals surface area contributed by atoms with Crippen LogP contribution in [0.5, 0.6) is 0 Å². The largest absolute Gasteiger partial charge is 0.478 e. The molecule has 0 aliphatic heterocycles. The Morgan fingerprint density at radius 1 is 1.10 bits per heavy atom. The van der Waals surface area contributed by atoms with Gasteiger partial charge in [0, 0.05) is 5.69 Å². The molecule has 0 saturated heterocycles. The Hall–Kier alpha value is -2.89. The van der Waals surface area contributed by atoms with Gasteiger partial charge in [0.1, 0.15) is 5.82 Å². The molecule has 0 saturated carbocycles. The van der Waals surface area contributed by atoms with E-state index in [1.165, 1.54) is 12.1 Å². The van der Waals surface area contributed by atoms with Crippen LogP contribution in [-0.2, 0) is 0 Å². The monoisotopic (exact) mass is 274 g/mol. The summed E-state index contributed by atoms with van der Waals surface area (Å²) >= 11 is 0. The van der Waals surface area contributed by atoms with Crippen molar-refractivity contribution in [2.45, 2.75) is 0 Å². The second kappa shape index (κ2) is 5.40. The van der Waals surface area contributed by atoms with E-state index in [9.17, 15) is 14.0 Å². The number of carboxylic acid groups (broad SMARTS) is 1. The molecule has 0 bridgehead atoms. The summed E-state index contributed by atoms with van der Waals surface area (Å²) in [5, 5.41) is 11.6. The number of nitrogens with one attached hydrogen (secondary N) is 1. The fourth-order valence-electron chi connectivity index (χ4n) is 1.73. The van der Waals surface area contributed by atoms with Crippen LogP contribution in [0, 0.1) is 5.82 Å². The molecule has 2 aromatic carbocycles. The first kappa shape index (κ1) is 13.5. The summed E-state index contributed by atoms with van der Waals surface area (Å²) in [5.41, 5.74) is 5.81. The number of nitrogens with two attached hydrogens (primary N) is 1. The van der Waals surface area contributed by atoms with Crippen LogP contribution < -0.4 is 11.1 Å². The molecular formula is C14H11FN2O3. The molecule has 0 aliphatic rings. The van der Waals surface area contributed by atoms with E-state index in [0.717, 1.165) is 12.1 Å². The first-order chi connectivity index (χ1) is 9.49. The van der Waals surface area contributed by atoms with Gasteiger partial charge in [-0.3, -0.25) is 4.79 Å². The third kappa shape index (κ3) is 2.74. The highest BCUT2D eigenvalue weighted by Crippen LogP contribution is 2.22. The van der Waals surface area contributed by atoms with Gasteiger partial charge < -0.3 is 16.2 Å². The summed E-state index contributed by atoms with van der Waals surface area (Å²) in [7, 11) is 0. The fraction of sp³-hybridized carbons (Fsp3) is 0. The molecule has 0 radical (unpaired) electrons. The quantitative estimate of drug-likeness (QED) is 0.798. The summed E-state index contributed by atoms with van der Waals surface area (Å²) in [5.74, 6) is -2.82. The van der Waals surface area contributed by atoms with Gasteiger partial charge in [-0.15, -0.1) is 0 Å². The molecule has 102 valence electrons. The standard InChI is InChI=1S/C14H11FN2O3/c15-11-7-8(5-6-9(11)14(19)20)17-12-4-2-1-3-10(12)13(16)18/h1-7,17H,(H2,16,18)(H,19,20). The second-order valence-electron chi connectivity index (χ2n) is 4.03. The third-order valence-corrected chi connectivity index (χ3v) is 2.67. The van der Waals surface area contributed by atoms with Crippen LogP contribution in [0.1, 0.15) is 20.7 Å².